The van der Waals surface area contributed by atoms with E-state index >= 15 is 0 Å². The molecule has 0 saturated heterocycles. The van der Waals surface area contributed by atoms with Gasteiger partial charge in [0.2, 0.25) is 0 Å². The quantitative estimate of drug-likeness (QED) is 0.798. The first-order valence-electron chi connectivity index (χ1n) is 6.73. The number of pyridine rings is 1. The van der Waals surface area contributed by atoms with Gasteiger partial charge in [0, 0.05) is 24.8 Å². The van der Waals surface area contributed by atoms with E-state index in [1.165, 1.54) is 25.7 Å². The molecule has 3 nitrogen and oxygen atoms in total. The summed E-state index contributed by atoms with van der Waals surface area (Å²) in [7, 11) is 0. The molecular weight excluding hydrogens is 242 g/mol. The molecule has 96 valence electrons. The molecule has 18 heavy (non-hydrogen) atoms. The molecule has 2 N–H and O–H groups in total. The SMILES string of the molecule is NC(=S)c1ccncc1N(CC1CC1)CC1CC1. The zero-order valence-corrected chi connectivity index (χ0v) is 11.3. The van der Waals surface area contributed by atoms with Gasteiger partial charge in [-0.05, 0) is 43.6 Å². The van der Waals surface area contributed by atoms with Gasteiger partial charge in [-0.3, -0.25) is 4.98 Å². The largest absolute Gasteiger partial charge is 0.389 e. The molecule has 0 amide bonds. The van der Waals surface area contributed by atoms with Gasteiger partial charge in [-0.25, -0.2) is 0 Å². The second kappa shape index (κ2) is 4.84. The van der Waals surface area contributed by atoms with E-state index < -0.39 is 0 Å². The van der Waals surface area contributed by atoms with E-state index in [-0.39, 0.29) is 0 Å². The van der Waals surface area contributed by atoms with Crippen LogP contribution < -0.4 is 10.6 Å². The highest BCUT2D eigenvalue weighted by Gasteiger charge is 2.30. The van der Waals surface area contributed by atoms with Crippen molar-refractivity contribution in [1.82, 2.24) is 4.98 Å². The van der Waals surface area contributed by atoms with Crippen molar-refractivity contribution in [2.75, 3.05) is 18.0 Å². The van der Waals surface area contributed by atoms with Crippen molar-refractivity contribution in [3.05, 3.63) is 24.0 Å². The van der Waals surface area contributed by atoms with Gasteiger partial charge in [0.05, 0.1) is 11.9 Å². The average Bonchev–Trinajstić information content (AvgIpc) is 3.23. The van der Waals surface area contributed by atoms with Gasteiger partial charge in [-0.15, -0.1) is 0 Å². The van der Waals surface area contributed by atoms with E-state index in [2.05, 4.69) is 9.88 Å². The first kappa shape index (κ1) is 11.9. The van der Waals surface area contributed by atoms with Gasteiger partial charge in [-0.2, -0.15) is 0 Å². The molecule has 1 heterocycles. The molecule has 0 aliphatic heterocycles. The fourth-order valence-corrected chi connectivity index (χ4v) is 2.51. The molecule has 0 spiro atoms. The Balaban J connectivity index is 1.84. The molecule has 0 aromatic carbocycles. The van der Waals surface area contributed by atoms with Crippen LogP contribution >= 0.6 is 12.2 Å². The Morgan fingerprint density at radius 2 is 1.89 bits per heavy atom. The van der Waals surface area contributed by atoms with Crippen LogP contribution in [-0.2, 0) is 0 Å². The van der Waals surface area contributed by atoms with Crippen LogP contribution in [0.2, 0.25) is 0 Å². The van der Waals surface area contributed by atoms with E-state index in [1.807, 2.05) is 12.3 Å². The van der Waals surface area contributed by atoms with Crippen molar-refractivity contribution in [2.24, 2.45) is 17.6 Å². The fourth-order valence-electron chi connectivity index (χ4n) is 2.34. The van der Waals surface area contributed by atoms with Crippen LogP contribution in [0.25, 0.3) is 0 Å². The molecule has 1 aromatic heterocycles. The van der Waals surface area contributed by atoms with Crippen molar-refractivity contribution in [1.29, 1.82) is 0 Å². The molecule has 2 aliphatic rings. The average molecular weight is 261 g/mol. The van der Waals surface area contributed by atoms with Crippen LogP contribution in [0.4, 0.5) is 5.69 Å². The third-order valence-corrected chi connectivity index (χ3v) is 3.98. The van der Waals surface area contributed by atoms with Crippen molar-refractivity contribution in [3.8, 4) is 0 Å². The van der Waals surface area contributed by atoms with Crippen LogP contribution in [0.15, 0.2) is 18.5 Å². The van der Waals surface area contributed by atoms with Crippen molar-refractivity contribution in [3.63, 3.8) is 0 Å². The summed E-state index contributed by atoms with van der Waals surface area (Å²) in [4.78, 5) is 7.18. The Hall–Kier alpha value is -1.16. The first-order valence-corrected chi connectivity index (χ1v) is 7.13. The summed E-state index contributed by atoms with van der Waals surface area (Å²) < 4.78 is 0. The Kier molecular flexibility index (Phi) is 3.20. The minimum atomic E-state index is 0.476. The molecule has 4 heteroatoms. The predicted molar refractivity (Wildman–Crippen MR) is 77.8 cm³/mol. The molecule has 2 fully saturated rings. The second-order valence-electron chi connectivity index (χ2n) is 5.55. The summed E-state index contributed by atoms with van der Waals surface area (Å²) in [6.07, 6.45) is 9.14. The monoisotopic (exact) mass is 261 g/mol. The van der Waals surface area contributed by atoms with Gasteiger partial charge in [0.15, 0.2) is 0 Å². The number of anilines is 1. The smallest absolute Gasteiger partial charge is 0.106 e. The maximum Gasteiger partial charge on any atom is 0.106 e. The van der Waals surface area contributed by atoms with Crippen molar-refractivity contribution in [2.45, 2.75) is 25.7 Å². The summed E-state index contributed by atoms with van der Waals surface area (Å²) in [5, 5.41) is 0. The molecule has 2 saturated carbocycles. The summed E-state index contributed by atoms with van der Waals surface area (Å²) in [6, 6.07) is 1.93. The molecule has 1 aromatic rings. The van der Waals surface area contributed by atoms with E-state index in [4.69, 9.17) is 18.0 Å². The lowest BCUT2D eigenvalue weighted by atomic mass is 10.2. The zero-order valence-electron chi connectivity index (χ0n) is 10.5. The van der Waals surface area contributed by atoms with Crippen LogP contribution in [0, 0.1) is 11.8 Å². The highest BCUT2D eigenvalue weighted by Crippen LogP contribution is 2.36. The highest BCUT2D eigenvalue weighted by molar-refractivity contribution is 7.80. The molecule has 0 radical (unpaired) electrons. The van der Waals surface area contributed by atoms with Crippen LogP contribution in [0.5, 0.6) is 0 Å². The van der Waals surface area contributed by atoms with E-state index in [9.17, 15) is 0 Å². The van der Waals surface area contributed by atoms with Crippen LogP contribution in [0.1, 0.15) is 31.2 Å². The Morgan fingerprint density at radius 1 is 1.28 bits per heavy atom. The van der Waals surface area contributed by atoms with Crippen LogP contribution in [0.3, 0.4) is 0 Å². The van der Waals surface area contributed by atoms with Crippen molar-refractivity contribution >= 4 is 22.9 Å². The standard InChI is InChI=1S/C14H19N3S/c15-14(18)12-5-6-16-7-13(12)17(8-10-1-2-10)9-11-3-4-11/h5-7,10-11H,1-4,8-9H2,(H2,15,18). The maximum atomic E-state index is 5.82. The van der Waals surface area contributed by atoms with Gasteiger partial charge in [-0.1, -0.05) is 12.2 Å². The minimum Gasteiger partial charge on any atom is -0.389 e. The molecule has 2 aliphatic carbocycles. The third kappa shape index (κ3) is 2.80. The first-order chi connectivity index (χ1) is 8.74. The summed E-state index contributed by atoms with van der Waals surface area (Å²) >= 11 is 5.15. The number of thiocarbonyl (C=S) groups is 1. The molecule has 0 atom stereocenters. The number of nitrogens with zero attached hydrogens (tertiary/aromatic N) is 2. The predicted octanol–water partition coefficient (Wildman–Crippen LogP) is 2.34. The minimum absolute atomic E-state index is 0.476. The van der Waals surface area contributed by atoms with Gasteiger partial charge in [0.1, 0.15) is 4.99 Å². The van der Waals surface area contributed by atoms with Crippen molar-refractivity contribution < 1.29 is 0 Å². The Morgan fingerprint density at radius 3 is 2.39 bits per heavy atom. The summed E-state index contributed by atoms with van der Waals surface area (Å²) in [5.74, 6) is 1.73. The maximum absolute atomic E-state index is 5.82. The van der Waals surface area contributed by atoms with Crippen LogP contribution in [-0.4, -0.2) is 23.1 Å². The van der Waals surface area contributed by atoms with E-state index in [0.717, 1.165) is 36.2 Å². The van der Waals surface area contributed by atoms with E-state index in [1.54, 1.807) is 6.20 Å². The number of aromatic nitrogens is 1. The zero-order chi connectivity index (χ0) is 12.5. The summed E-state index contributed by atoms with van der Waals surface area (Å²) in [6.45, 7) is 2.27. The second-order valence-corrected chi connectivity index (χ2v) is 5.99. The Bertz CT molecular complexity index is 438. The number of hydrogen-bond acceptors (Lipinski definition) is 3. The molecular formula is C14H19N3S. The Labute approximate surface area is 113 Å². The lowest BCUT2D eigenvalue weighted by Crippen LogP contribution is -2.30. The highest BCUT2D eigenvalue weighted by atomic mass is 32.1. The van der Waals surface area contributed by atoms with Gasteiger partial charge < -0.3 is 10.6 Å². The number of hydrogen-bond donors (Lipinski definition) is 1. The molecule has 3 rings (SSSR count). The third-order valence-electron chi connectivity index (χ3n) is 3.76. The topological polar surface area (TPSA) is 42.1 Å². The lowest BCUT2D eigenvalue weighted by Gasteiger charge is -2.26. The number of nitrogens with two attached hydrogens (primary N) is 1. The number of rotatable bonds is 6. The fraction of sp³-hybridized carbons (Fsp3) is 0.571. The lowest BCUT2D eigenvalue weighted by molar-refractivity contribution is 0.678. The normalized spacial score (nSPS) is 18.7. The molecule has 0 bridgehead atoms. The van der Waals surface area contributed by atoms with Gasteiger partial charge >= 0.3 is 0 Å². The van der Waals surface area contributed by atoms with Gasteiger partial charge in [0.25, 0.3) is 0 Å². The van der Waals surface area contributed by atoms with E-state index in [0.29, 0.717) is 4.99 Å². The summed E-state index contributed by atoms with van der Waals surface area (Å²) in [5.41, 5.74) is 7.92. The molecule has 0 unspecified atom stereocenters.